The van der Waals surface area contributed by atoms with Crippen LogP contribution in [0.2, 0.25) is 10.0 Å². The molecule has 0 aliphatic heterocycles. The Bertz CT molecular complexity index is 467. The van der Waals surface area contributed by atoms with Crippen molar-refractivity contribution in [2.45, 2.75) is 4.90 Å². The Morgan fingerprint density at radius 1 is 1.26 bits per heavy atom. The average Bonchev–Trinajstić information content (AvgIpc) is 2.39. The molecule has 0 atom stereocenters. The van der Waals surface area contributed by atoms with E-state index >= 15 is 0 Å². The highest BCUT2D eigenvalue weighted by Crippen LogP contribution is 2.29. The van der Waals surface area contributed by atoms with Crippen LogP contribution in [0.4, 0.5) is 0 Å². The van der Waals surface area contributed by atoms with Crippen molar-refractivity contribution in [3.05, 3.63) is 53.6 Å². The van der Waals surface area contributed by atoms with Gasteiger partial charge in [0, 0.05) is 23.0 Å². The van der Waals surface area contributed by atoms with Crippen molar-refractivity contribution in [1.29, 1.82) is 0 Å². The quantitative estimate of drug-likeness (QED) is 0.552. The topological polar surface area (TPSA) is 20.3 Å². The highest BCUT2D eigenvalue weighted by Gasteiger charge is 2.12. The van der Waals surface area contributed by atoms with Gasteiger partial charge in [-0.1, -0.05) is 35.4 Å². The maximum absolute atomic E-state index is 12.0. The molecule has 0 aliphatic rings. The van der Waals surface area contributed by atoms with E-state index in [0.29, 0.717) is 28.9 Å². The van der Waals surface area contributed by atoms with Gasteiger partial charge in [0.2, 0.25) is 5.91 Å². The first kappa shape index (κ1) is 16.2. The summed E-state index contributed by atoms with van der Waals surface area (Å²) in [6, 6.07) is 5.20. The summed E-state index contributed by atoms with van der Waals surface area (Å²) in [7, 11) is 0. The summed E-state index contributed by atoms with van der Waals surface area (Å²) in [6.45, 7) is 8.29. The van der Waals surface area contributed by atoms with Crippen molar-refractivity contribution >= 4 is 40.9 Å². The molecule has 1 aromatic rings. The number of carbonyl (C=O) groups is 1. The predicted molar refractivity (Wildman–Crippen MR) is 84.2 cm³/mol. The van der Waals surface area contributed by atoms with Gasteiger partial charge < -0.3 is 4.90 Å². The van der Waals surface area contributed by atoms with Crippen LogP contribution in [0.1, 0.15) is 0 Å². The van der Waals surface area contributed by atoms with Crippen molar-refractivity contribution in [1.82, 2.24) is 4.90 Å². The van der Waals surface area contributed by atoms with Crippen LogP contribution < -0.4 is 0 Å². The summed E-state index contributed by atoms with van der Waals surface area (Å²) in [6.07, 6.45) is 3.39. The van der Waals surface area contributed by atoms with E-state index in [1.54, 1.807) is 35.3 Å². The maximum Gasteiger partial charge on any atom is 0.233 e. The fraction of sp³-hybridized carbons (Fsp3) is 0.214. The monoisotopic (exact) mass is 315 g/mol. The van der Waals surface area contributed by atoms with E-state index in [-0.39, 0.29) is 5.91 Å². The molecule has 0 fully saturated rings. The van der Waals surface area contributed by atoms with Gasteiger partial charge in [-0.3, -0.25) is 4.79 Å². The van der Waals surface area contributed by atoms with Crippen LogP contribution in [-0.4, -0.2) is 29.6 Å². The molecule has 1 amide bonds. The Labute approximate surface area is 128 Å². The lowest BCUT2D eigenvalue weighted by atomic mass is 10.4. The van der Waals surface area contributed by atoms with Gasteiger partial charge in [-0.15, -0.1) is 24.9 Å². The summed E-state index contributed by atoms with van der Waals surface area (Å²) < 4.78 is 0. The summed E-state index contributed by atoms with van der Waals surface area (Å²) in [5.74, 6) is 0.322. The first-order valence-electron chi connectivity index (χ1n) is 5.66. The molecule has 0 aromatic heterocycles. The number of halogens is 2. The normalized spacial score (nSPS) is 10.0. The van der Waals surface area contributed by atoms with E-state index in [9.17, 15) is 4.79 Å². The van der Waals surface area contributed by atoms with Crippen molar-refractivity contribution in [3.8, 4) is 0 Å². The van der Waals surface area contributed by atoms with E-state index in [0.717, 1.165) is 4.90 Å². The minimum Gasteiger partial charge on any atom is -0.335 e. The van der Waals surface area contributed by atoms with Crippen molar-refractivity contribution in [3.63, 3.8) is 0 Å². The SMILES string of the molecule is C=CCN(CC=C)C(=O)CSc1cc(Cl)ccc1Cl. The minimum atomic E-state index is 0.0147. The summed E-state index contributed by atoms with van der Waals surface area (Å²) >= 11 is 13.3. The highest BCUT2D eigenvalue weighted by molar-refractivity contribution is 8.00. The highest BCUT2D eigenvalue weighted by atomic mass is 35.5. The lowest BCUT2D eigenvalue weighted by Gasteiger charge is -2.19. The molecular weight excluding hydrogens is 301 g/mol. The lowest BCUT2D eigenvalue weighted by molar-refractivity contribution is -0.127. The van der Waals surface area contributed by atoms with Crippen LogP contribution in [0.15, 0.2) is 48.4 Å². The summed E-state index contributed by atoms with van der Waals surface area (Å²) in [5.41, 5.74) is 0. The number of amides is 1. The Hall–Kier alpha value is -0.900. The number of thioether (sulfide) groups is 1. The Kier molecular flexibility index (Phi) is 7.06. The molecule has 0 unspecified atom stereocenters. The Morgan fingerprint density at radius 3 is 2.47 bits per heavy atom. The van der Waals surface area contributed by atoms with Crippen LogP contribution in [0, 0.1) is 0 Å². The number of hydrogen-bond acceptors (Lipinski definition) is 2. The van der Waals surface area contributed by atoms with Crippen LogP contribution in [-0.2, 0) is 4.79 Å². The van der Waals surface area contributed by atoms with Gasteiger partial charge in [0.1, 0.15) is 0 Å². The minimum absolute atomic E-state index is 0.0147. The molecule has 0 saturated heterocycles. The van der Waals surface area contributed by atoms with Gasteiger partial charge in [-0.05, 0) is 18.2 Å². The molecule has 2 nitrogen and oxygen atoms in total. The molecule has 0 heterocycles. The molecule has 0 aliphatic carbocycles. The van der Waals surface area contributed by atoms with E-state index in [1.807, 2.05) is 0 Å². The largest absolute Gasteiger partial charge is 0.335 e. The smallest absolute Gasteiger partial charge is 0.233 e. The first-order chi connectivity index (χ1) is 9.08. The lowest BCUT2D eigenvalue weighted by Crippen LogP contribution is -2.32. The van der Waals surface area contributed by atoms with Crippen molar-refractivity contribution in [2.24, 2.45) is 0 Å². The molecule has 5 heteroatoms. The number of rotatable bonds is 7. The second-order valence-electron chi connectivity index (χ2n) is 3.74. The summed E-state index contributed by atoms with van der Waals surface area (Å²) in [5, 5.41) is 1.20. The van der Waals surface area contributed by atoms with E-state index in [4.69, 9.17) is 23.2 Å². The zero-order chi connectivity index (χ0) is 14.3. The Morgan fingerprint density at radius 2 is 1.89 bits per heavy atom. The molecule has 19 heavy (non-hydrogen) atoms. The fourth-order valence-corrected chi connectivity index (χ4v) is 2.80. The maximum atomic E-state index is 12.0. The number of carbonyl (C=O) groups excluding carboxylic acids is 1. The third kappa shape index (κ3) is 5.31. The van der Waals surface area contributed by atoms with Gasteiger partial charge in [0.25, 0.3) is 0 Å². The number of benzene rings is 1. The standard InChI is InChI=1S/C14H15Cl2NOS/c1-3-7-17(8-4-2)14(18)10-19-13-9-11(15)5-6-12(13)16/h3-6,9H,1-2,7-8,10H2. The van der Waals surface area contributed by atoms with Crippen LogP contribution in [0.5, 0.6) is 0 Å². The van der Waals surface area contributed by atoms with Crippen LogP contribution in [0.3, 0.4) is 0 Å². The molecule has 1 rings (SSSR count). The van der Waals surface area contributed by atoms with Crippen molar-refractivity contribution in [2.75, 3.05) is 18.8 Å². The zero-order valence-electron chi connectivity index (χ0n) is 10.4. The third-order valence-electron chi connectivity index (χ3n) is 2.30. The van der Waals surface area contributed by atoms with E-state index < -0.39 is 0 Å². The third-order valence-corrected chi connectivity index (χ3v) is 4.01. The van der Waals surface area contributed by atoms with Gasteiger partial charge in [-0.2, -0.15) is 0 Å². The molecule has 0 N–H and O–H groups in total. The molecule has 0 saturated carbocycles. The number of hydrogen-bond donors (Lipinski definition) is 0. The average molecular weight is 316 g/mol. The molecule has 0 bridgehead atoms. The summed E-state index contributed by atoms with van der Waals surface area (Å²) in [4.78, 5) is 14.5. The van der Waals surface area contributed by atoms with E-state index in [1.165, 1.54) is 11.8 Å². The van der Waals surface area contributed by atoms with Gasteiger partial charge in [0.05, 0.1) is 10.8 Å². The van der Waals surface area contributed by atoms with Gasteiger partial charge in [0.15, 0.2) is 0 Å². The molecule has 0 spiro atoms. The van der Waals surface area contributed by atoms with Gasteiger partial charge >= 0.3 is 0 Å². The predicted octanol–water partition coefficient (Wildman–Crippen LogP) is 4.29. The molecule has 0 radical (unpaired) electrons. The molecule has 102 valence electrons. The molecular formula is C14H15Cl2NOS. The number of nitrogens with zero attached hydrogens (tertiary/aromatic N) is 1. The van der Waals surface area contributed by atoms with Crippen LogP contribution in [0.25, 0.3) is 0 Å². The van der Waals surface area contributed by atoms with Crippen molar-refractivity contribution < 1.29 is 4.79 Å². The van der Waals surface area contributed by atoms with Crippen LogP contribution >= 0.6 is 35.0 Å². The molecule has 1 aromatic carbocycles. The Balaban J connectivity index is 2.63. The fourth-order valence-electron chi connectivity index (χ4n) is 1.41. The second-order valence-corrected chi connectivity index (χ2v) is 5.60. The van der Waals surface area contributed by atoms with Gasteiger partial charge in [-0.25, -0.2) is 0 Å². The van der Waals surface area contributed by atoms with E-state index in [2.05, 4.69) is 13.2 Å². The second kappa shape index (κ2) is 8.31. The first-order valence-corrected chi connectivity index (χ1v) is 7.40. The zero-order valence-corrected chi connectivity index (χ0v) is 12.8.